The van der Waals surface area contributed by atoms with Crippen molar-refractivity contribution in [2.24, 2.45) is 0 Å². The number of hydrogen-bond acceptors (Lipinski definition) is 6. The fraction of sp³-hybridized carbons (Fsp3) is 0.167. The van der Waals surface area contributed by atoms with Gasteiger partial charge in [0.15, 0.2) is 0 Å². The van der Waals surface area contributed by atoms with Gasteiger partial charge in [0.05, 0.1) is 23.1 Å². The zero-order chi connectivity index (χ0) is 15.6. The van der Waals surface area contributed by atoms with E-state index < -0.39 is 16.7 Å². The van der Waals surface area contributed by atoms with E-state index in [1.165, 1.54) is 18.2 Å². The van der Waals surface area contributed by atoms with Gasteiger partial charge in [-0.2, -0.15) is 0 Å². The molecule has 0 saturated heterocycles. The lowest BCUT2D eigenvalue weighted by atomic mass is 10.2. The van der Waals surface area contributed by atoms with Gasteiger partial charge >= 0.3 is 0 Å². The summed E-state index contributed by atoms with van der Waals surface area (Å²) in [5, 5.41) is 22.3. The average Bonchev–Trinajstić information content (AvgIpc) is 2.69. The lowest BCUT2D eigenvalue weighted by Gasteiger charge is -2.13. The number of aliphatic hydroxyl groups is 1. The molecule has 1 heterocycles. The third-order valence-electron chi connectivity index (χ3n) is 2.78. The molecule has 1 aliphatic heterocycles. The summed E-state index contributed by atoms with van der Waals surface area (Å²) in [6, 6.07) is 4.05. The number of hydrogen-bond donors (Lipinski definition) is 2. The van der Waals surface area contributed by atoms with Crippen molar-refractivity contribution >= 4 is 34.8 Å². The number of nitrogens with zero attached hydrogens (tertiary/aromatic N) is 2. The zero-order valence-electron chi connectivity index (χ0n) is 10.6. The highest BCUT2D eigenvalue weighted by Gasteiger charge is 2.32. The number of nitro benzene ring substituents is 1. The van der Waals surface area contributed by atoms with Gasteiger partial charge in [0.25, 0.3) is 17.5 Å². The van der Waals surface area contributed by atoms with Crippen molar-refractivity contribution in [1.82, 2.24) is 4.90 Å². The van der Waals surface area contributed by atoms with Gasteiger partial charge in [-0.25, -0.2) is 0 Å². The van der Waals surface area contributed by atoms with E-state index in [0.29, 0.717) is 0 Å². The molecule has 2 rings (SSSR count). The second-order valence-electron chi connectivity index (χ2n) is 4.09. The number of benzene rings is 1. The first-order valence-corrected chi connectivity index (χ1v) is 6.21. The second kappa shape index (κ2) is 5.90. The average molecular weight is 312 g/mol. The Kier molecular flexibility index (Phi) is 4.20. The number of imide groups is 1. The molecule has 9 heteroatoms. The van der Waals surface area contributed by atoms with Gasteiger partial charge in [-0.15, -0.1) is 0 Å². The molecule has 0 saturated carbocycles. The second-order valence-corrected chi connectivity index (χ2v) is 4.50. The Morgan fingerprint density at radius 3 is 2.71 bits per heavy atom. The van der Waals surface area contributed by atoms with Crippen molar-refractivity contribution in [2.75, 3.05) is 18.5 Å². The summed E-state index contributed by atoms with van der Waals surface area (Å²) in [6.45, 7) is -0.519. The fourth-order valence-electron chi connectivity index (χ4n) is 1.83. The molecule has 0 bridgehead atoms. The van der Waals surface area contributed by atoms with E-state index >= 15 is 0 Å². The van der Waals surface area contributed by atoms with E-state index in [0.717, 1.165) is 11.0 Å². The summed E-state index contributed by atoms with van der Waals surface area (Å²) in [5.41, 5.74) is -0.517. The molecule has 1 aromatic carbocycles. The molecule has 21 heavy (non-hydrogen) atoms. The van der Waals surface area contributed by atoms with Crippen LogP contribution in [-0.2, 0) is 9.59 Å². The van der Waals surface area contributed by atoms with Crippen LogP contribution in [-0.4, -0.2) is 39.9 Å². The van der Waals surface area contributed by atoms with Crippen LogP contribution in [0.4, 0.5) is 11.4 Å². The minimum Gasteiger partial charge on any atom is -0.395 e. The highest BCUT2D eigenvalue weighted by Crippen LogP contribution is 2.33. The van der Waals surface area contributed by atoms with Crippen molar-refractivity contribution in [3.63, 3.8) is 0 Å². The van der Waals surface area contributed by atoms with Gasteiger partial charge in [-0.3, -0.25) is 24.6 Å². The van der Waals surface area contributed by atoms with Gasteiger partial charge in [0.2, 0.25) is 0 Å². The van der Waals surface area contributed by atoms with E-state index in [9.17, 15) is 19.7 Å². The first-order valence-electron chi connectivity index (χ1n) is 5.84. The lowest BCUT2D eigenvalue weighted by Crippen LogP contribution is -2.34. The predicted molar refractivity (Wildman–Crippen MR) is 73.6 cm³/mol. The van der Waals surface area contributed by atoms with Crippen LogP contribution in [0.3, 0.4) is 0 Å². The van der Waals surface area contributed by atoms with E-state index in [4.69, 9.17) is 16.7 Å². The maximum Gasteiger partial charge on any atom is 0.294 e. The number of para-hydroxylation sites is 1. The topological polar surface area (TPSA) is 113 Å². The number of aliphatic hydroxyl groups excluding tert-OH is 1. The van der Waals surface area contributed by atoms with Crippen LogP contribution in [0.5, 0.6) is 0 Å². The highest BCUT2D eigenvalue weighted by atomic mass is 35.5. The number of nitrogens with one attached hydrogen (secondary N) is 1. The number of β-amino-alcohol motifs (C(OH)–C–C–N with tert-alkyl or cyclic N) is 1. The molecule has 0 aliphatic carbocycles. The number of carbonyl (C=O) groups excluding carboxylic acids is 2. The van der Waals surface area contributed by atoms with Crippen LogP contribution in [0, 0.1) is 10.1 Å². The molecular formula is C12H10ClN3O5. The van der Waals surface area contributed by atoms with Crippen molar-refractivity contribution in [2.45, 2.75) is 0 Å². The van der Waals surface area contributed by atoms with Crippen LogP contribution < -0.4 is 5.32 Å². The Hall–Kier alpha value is -2.45. The van der Waals surface area contributed by atoms with Crippen molar-refractivity contribution in [3.8, 4) is 0 Å². The minimum atomic E-state index is -0.678. The molecule has 2 amide bonds. The number of carbonyl (C=O) groups is 2. The molecular weight excluding hydrogens is 302 g/mol. The van der Waals surface area contributed by atoms with E-state index in [-0.39, 0.29) is 35.2 Å². The summed E-state index contributed by atoms with van der Waals surface area (Å²) in [5.74, 6) is -1.28. The van der Waals surface area contributed by atoms with Gasteiger partial charge in [-0.05, 0) is 6.07 Å². The molecule has 0 atom stereocenters. The lowest BCUT2D eigenvalue weighted by molar-refractivity contribution is -0.383. The molecule has 2 N–H and O–H groups in total. The number of rotatable bonds is 5. The summed E-state index contributed by atoms with van der Waals surface area (Å²) in [4.78, 5) is 34.7. The maximum absolute atomic E-state index is 12.0. The van der Waals surface area contributed by atoms with Crippen LogP contribution in [0.2, 0.25) is 5.02 Å². The van der Waals surface area contributed by atoms with Crippen LogP contribution in [0.1, 0.15) is 0 Å². The standard InChI is InChI=1S/C12H10ClN3O5/c13-7-2-1-3-9(16(20)21)11(7)14-8-6-10(18)15(4-5-17)12(8)19/h1-3,6,14,17H,4-5H2. The number of amides is 2. The van der Waals surface area contributed by atoms with Gasteiger partial charge in [0, 0.05) is 12.1 Å². The summed E-state index contributed by atoms with van der Waals surface area (Å²) >= 11 is 5.89. The van der Waals surface area contributed by atoms with Gasteiger partial charge < -0.3 is 10.4 Å². The molecule has 0 aromatic heterocycles. The molecule has 110 valence electrons. The Balaban J connectivity index is 2.32. The largest absolute Gasteiger partial charge is 0.395 e. The van der Waals surface area contributed by atoms with Gasteiger partial charge in [0.1, 0.15) is 11.4 Å². The molecule has 0 radical (unpaired) electrons. The normalized spacial score (nSPS) is 14.4. The number of anilines is 1. The van der Waals surface area contributed by atoms with E-state index in [1.807, 2.05) is 0 Å². The molecule has 0 fully saturated rings. The van der Waals surface area contributed by atoms with Crippen molar-refractivity contribution < 1.29 is 19.6 Å². The molecule has 1 aromatic rings. The van der Waals surface area contributed by atoms with Crippen molar-refractivity contribution in [3.05, 3.63) is 45.1 Å². The molecule has 0 spiro atoms. The van der Waals surface area contributed by atoms with E-state index in [1.54, 1.807) is 0 Å². The Morgan fingerprint density at radius 1 is 1.38 bits per heavy atom. The summed E-state index contributed by atoms with van der Waals surface area (Å²) in [6.07, 6.45) is 1.01. The molecule has 8 nitrogen and oxygen atoms in total. The minimum absolute atomic E-state index is 0.0472. The maximum atomic E-state index is 12.0. The zero-order valence-corrected chi connectivity index (χ0v) is 11.3. The highest BCUT2D eigenvalue weighted by molar-refractivity contribution is 6.34. The van der Waals surface area contributed by atoms with Gasteiger partial charge in [-0.1, -0.05) is 17.7 Å². The summed E-state index contributed by atoms with van der Waals surface area (Å²) < 4.78 is 0. The first kappa shape index (κ1) is 14.9. The summed E-state index contributed by atoms with van der Waals surface area (Å²) in [7, 11) is 0. The fourth-order valence-corrected chi connectivity index (χ4v) is 2.05. The quantitative estimate of drug-likeness (QED) is 0.474. The number of nitro groups is 1. The third-order valence-corrected chi connectivity index (χ3v) is 3.10. The Bertz CT molecular complexity index is 658. The first-order chi connectivity index (χ1) is 9.95. The third kappa shape index (κ3) is 2.86. The predicted octanol–water partition coefficient (Wildman–Crippen LogP) is 0.905. The number of halogens is 1. The smallest absolute Gasteiger partial charge is 0.294 e. The van der Waals surface area contributed by atoms with Crippen LogP contribution in [0.25, 0.3) is 0 Å². The molecule has 0 unspecified atom stereocenters. The van der Waals surface area contributed by atoms with Crippen LogP contribution >= 0.6 is 11.6 Å². The SMILES string of the molecule is O=C1C=C(Nc2c(Cl)cccc2[N+](=O)[O-])C(=O)N1CCO. The van der Waals surface area contributed by atoms with Crippen molar-refractivity contribution in [1.29, 1.82) is 0 Å². The monoisotopic (exact) mass is 311 g/mol. The Morgan fingerprint density at radius 2 is 2.10 bits per heavy atom. The van der Waals surface area contributed by atoms with Crippen LogP contribution in [0.15, 0.2) is 30.0 Å². The Labute approximate surface area is 123 Å². The molecule has 1 aliphatic rings. The van der Waals surface area contributed by atoms with E-state index in [2.05, 4.69) is 5.32 Å².